The zero-order valence-electron chi connectivity index (χ0n) is 11.2. The van der Waals surface area contributed by atoms with Gasteiger partial charge in [0, 0.05) is 7.11 Å². The van der Waals surface area contributed by atoms with Crippen LogP contribution in [0.15, 0.2) is 36.1 Å². The van der Waals surface area contributed by atoms with Gasteiger partial charge in [0.05, 0.1) is 0 Å². The quantitative estimate of drug-likeness (QED) is 0.387. The minimum Gasteiger partial charge on any atom is -0.490 e. The molecule has 2 nitrogen and oxygen atoms in total. The van der Waals surface area contributed by atoms with Gasteiger partial charge in [-0.3, -0.25) is 0 Å². The van der Waals surface area contributed by atoms with E-state index in [1.807, 2.05) is 39.0 Å². The molecule has 0 N–H and O–H groups in total. The predicted molar refractivity (Wildman–Crippen MR) is 69.4 cm³/mol. The smallest absolute Gasteiger partial charge is 0.122 e. The summed E-state index contributed by atoms with van der Waals surface area (Å²) in [5, 5.41) is 0. The Morgan fingerprint density at radius 3 is 2.31 bits per heavy atom. The van der Waals surface area contributed by atoms with Gasteiger partial charge in [-0.15, -0.1) is 6.58 Å². The van der Waals surface area contributed by atoms with Crippen molar-refractivity contribution < 1.29 is 9.47 Å². The first kappa shape index (κ1) is 15.0. The molecule has 0 radical (unpaired) electrons. The zero-order valence-corrected chi connectivity index (χ0v) is 11.2. The van der Waals surface area contributed by atoms with E-state index in [1.165, 1.54) is 5.57 Å². The molecular weight excluding hydrogens is 200 g/mol. The van der Waals surface area contributed by atoms with Crippen molar-refractivity contribution >= 4 is 0 Å². The van der Waals surface area contributed by atoms with E-state index in [-0.39, 0.29) is 5.60 Å². The van der Waals surface area contributed by atoms with Crippen molar-refractivity contribution in [3.63, 3.8) is 0 Å². The third-order valence-electron chi connectivity index (χ3n) is 1.74. The monoisotopic (exact) mass is 224 g/mol. The lowest BCUT2D eigenvalue weighted by Gasteiger charge is -2.23. The highest BCUT2D eigenvalue weighted by Crippen LogP contribution is 2.14. The summed E-state index contributed by atoms with van der Waals surface area (Å²) < 4.78 is 10.9. The molecule has 0 aliphatic heterocycles. The van der Waals surface area contributed by atoms with Crippen LogP contribution in [0.1, 0.15) is 34.1 Å². The summed E-state index contributed by atoms with van der Waals surface area (Å²) >= 11 is 0. The molecule has 0 aliphatic rings. The minimum atomic E-state index is -0.190. The van der Waals surface area contributed by atoms with Crippen LogP contribution < -0.4 is 0 Å². The summed E-state index contributed by atoms with van der Waals surface area (Å²) in [4.78, 5) is 0. The van der Waals surface area contributed by atoms with E-state index >= 15 is 0 Å². The Labute approximate surface area is 99.6 Å². The van der Waals surface area contributed by atoms with Gasteiger partial charge in [-0.05, 0) is 40.2 Å². The molecule has 0 aliphatic carbocycles. The fourth-order valence-electron chi connectivity index (χ4n) is 1.18. The maximum Gasteiger partial charge on any atom is 0.122 e. The molecule has 0 bridgehead atoms. The summed E-state index contributed by atoms with van der Waals surface area (Å²) in [6.45, 7) is 12.3. The predicted octanol–water partition coefficient (Wildman–Crippen LogP) is 3.85. The third-order valence-corrected chi connectivity index (χ3v) is 1.74. The third kappa shape index (κ3) is 8.30. The molecule has 0 heterocycles. The van der Waals surface area contributed by atoms with Gasteiger partial charge < -0.3 is 9.47 Å². The van der Waals surface area contributed by atoms with Crippen LogP contribution in [0.5, 0.6) is 0 Å². The van der Waals surface area contributed by atoms with Crippen molar-refractivity contribution in [1.29, 1.82) is 0 Å². The van der Waals surface area contributed by atoms with E-state index in [0.717, 1.165) is 12.2 Å². The summed E-state index contributed by atoms with van der Waals surface area (Å²) in [7, 11) is 1.67. The van der Waals surface area contributed by atoms with Crippen molar-refractivity contribution in [2.45, 2.75) is 39.7 Å². The van der Waals surface area contributed by atoms with Crippen molar-refractivity contribution in [1.82, 2.24) is 0 Å². The SMILES string of the molecule is C=CC/C(C)=C\C=C(/COC)OC(C)(C)C. The lowest BCUT2D eigenvalue weighted by Crippen LogP contribution is -2.20. The van der Waals surface area contributed by atoms with Gasteiger partial charge in [-0.25, -0.2) is 0 Å². The molecule has 16 heavy (non-hydrogen) atoms. The van der Waals surface area contributed by atoms with Gasteiger partial charge in [0.15, 0.2) is 0 Å². The first-order valence-corrected chi connectivity index (χ1v) is 5.54. The second-order valence-electron chi connectivity index (χ2n) is 4.79. The van der Waals surface area contributed by atoms with Gasteiger partial charge in [0.25, 0.3) is 0 Å². The molecule has 0 spiro atoms. The lowest BCUT2D eigenvalue weighted by atomic mass is 10.2. The Morgan fingerprint density at radius 2 is 1.88 bits per heavy atom. The number of rotatable bonds is 6. The average molecular weight is 224 g/mol. The standard InChI is InChI=1S/C14H24O2/c1-7-8-12(2)9-10-13(11-15-6)16-14(3,4)5/h7,9-10H,1,8,11H2,2-6H3/b12-9-,13-10+. The van der Waals surface area contributed by atoms with Crippen LogP contribution in [0.2, 0.25) is 0 Å². The topological polar surface area (TPSA) is 18.5 Å². The Kier molecular flexibility index (Phi) is 6.82. The van der Waals surface area contributed by atoms with E-state index in [2.05, 4.69) is 13.5 Å². The summed E-state index contributed by atoms with van der Waals surface area (Å²) in [5.74, 6) is 0.846. The number of hydrogen-bond donors (Lipinski definition) is 0. The number of allylic oxidation sites excluding steroid dienone is 4. The van der Waals surface area contributed by atoms with E-state index in [0.29, 0.717) is 6.61 Å². The molecule has 0 saturated carbocycles. The molecule has 92 valence electrons. The molecular formula is C14H24O2. The molecule has 0 rings (SSSR count). The number of ether oxygens (including phenoxy) is 2. The van der Waals surface area contributed by atoms with Gasteiger partial charge in [0.2, 0.25) is 0 Å². The summed E-state index contributed by atoms with van der Waals surface area (Å²) in [6.07, 6.45) is 6.79. The molecule has 0 aromatic carbocycles. The first-order chi connectivity index (χ1) is 7.39. The van der Waals surface area contributed by atoms with Crippen LogP contribution in [-0.2, 0) is 9.47 Å². The maximum atomic E-state index is 5.77. The highest BCUT2D eigenvalue weighted by Gasteiger charge is 2.12. The van der Waals surface area contributed by atoms with E-state index in [4.69, 9.17) is 9.47 Å². The Morgan fingerprint density at radius 1 is 1.25 bits per heavy atom. The molecule has 0 atom stereocenters. The fraction of sp³-hybridized carbons (Fsp3) is 0.571. The maximum absolute atomic E-state index is 5.77. The van der Waals surface area contributed by atoms with Crippen molar-refractivity contribution in [2.24, 2.45) is 0 Å². The van der Waals surface area contributed by atoms with E-state index in [9.17, 15) is 0 Å². The Hall–Kier alpha value is -1.02. The van der Waals surface area contributed by atoms with Crippen molar-refractivity contribution in [3.05, 3.63) is 36.1 Å². The number of hydrogen-bond acceptors (Lipinski definition) is 2. The molecule has 0 aromatic heterocycles. The Balaban J connectivity index is 4.57. The molecule has 0 fully saturated rings. The normalized spacial score (nSPS) is 13.8. The van der Waals surface area contributed by atoms with Crippen LogP contribution in [-0.4, -0.2) is 19.3 Å². The lowest BCUT2D eigenvalue weighted by molar-refractivity contribution is 0.0260. The number of methoxy groups -OCH3 is 1. The highest BCUT2D eigenvalue weighted by molar-refractivity contribution is 5.15. The first-order valence-electron chi connectivity index (χ1n) is 5.54. The van der Waals surface area contributed by atoms with Crippen molar-refractivity contribution in [2.75, 3.05) is 13.7 Å². The largest absolute Gasteiger partial charge is 0.490 e. The second-order valence-corrected chi connectivity index (χ2v) is 4.79. The highest BCUT2D eigenvalue weighted by atomic mass is 16.5. The van der Waals surface area contributed by atoms with Crippen LogP contribution >= 0.6 is 0 Å². The molecule has 0 saturated heterocycles. The van der Waals surface area contributed by atoms with Gasteiger partial charge in [0.1, 0.15) is 18.0 Å². The second kappa shape index (κ2) is 7.29. The van der Waals surface area contributed by atoms with E-state index < -0.39 is 0 Å². The summed E-state index contributed by atoms with van der Waals surface area (Å²) in [6, 6.07) is 0. The van der Waals surface area contributed by atoms with Crippen LogP contribution in [0.3, 0.4) is 0 Å². The average Bonchev–Trinajstić information content (AvgIpc) is 2.13. The van der Waals surface area contributed by atoms with Crippen LogP contribution in [0.4, 0.5) is 0 Å². The molecule has 2 heteroatoms. The van der Waals surface area contributed by atoms with Gasteiger partial charge in [-0.1, -0.05) is 17.7 Å². The molecule has 0 amide bonds. The minimum absolute atomic E-state index is 0.190. The van der Waals surface area contributed by atoms with E-state index in [1.54, 1.807) is 7.11 Å². The zero-order chi connectivity index (χ0) is 12.6. The van der Waals surface area contributed by atoms with Crippen molar-refractivity contribution in [3.8, 4) is 0 Å². The van der Waals surface area contributed by atoms with Crippen LogP contribution in [0, 0.1) is 0 Å². The molecule has 0 aromatic rings. The fourth-order valence-corrected chi connectivity index (χ4v) is 1.18. The Bertz CT molecular complexity index is 267. The van der Waals surface area contributed by atoms with Gasteiger partial charge >= 0.3 is 0 Å². The van der Waals surface area contributed by atoms with Crippen LogP contribution in [0.25, 0.3) is 0 Å². The van der Waals surface area contributed by atoms with Gasteiger partial charge in [-0.2, -0.15) is 0 Å². The molecule has 0 unspecified atom stereocenters. The summed E-state index contributed by atoms with van der Waals surface area (Å²) in [5.41, 5.74) is 1.06.